The third-order valence-corrected chi connectivity index (χ3v) is 3.41. The van der Waals surface area contributed by atoms with Crippen molar-refractivity contribution in [1.29, 1.82) is 0 Å². The molecule has 0 aliphatic heterocycles. The van der Waals surface area contributed by atoms with Gasteiger partial charge in [-0.3, -0.25) is 0 Å². The second-order valence-corrected chi connectivity index (χ2v) is 4.83. The van der Waals surface area contributed by atoms with Crippen molar-refractivity contribution in [3.8, 4) is 22.3 Å². The van der Waals surface area contributed by atoms with Crippen molar-refractivity contribution in [2.75, 3.05) is 0 Å². The van der Waals surface area contributed by atoms with E-state index in [2.05, 4.69) is 24.3 Å². The van der Waals surface area contributed by atoms with Crippen molar-refractivity contribution in [2.24, 2.45) is 0 Å². The summed E-state index contributed by atoms with van der Waals surface area (Å²) in [6, 6.07) is 25.3. The first-order valence-corrected chi connectivity index (χ1v) is 6.73. The van der Waals surface area contributed by atoms with Crippen LogP contribution in [0.5, 0.6) is 0 Å². The van der Waals surface area contributed by atoms with Gasteiger partial charge in [-0.05, 0) is 40.5 Å². The first-order chi connectivity index (χ1) is 10.2. The lowest BCUT2D eigenvalue weighted by molar-refractivity contribution is 0.0697. The predicted octanol–water partition coefficient (Wildman–Crippen LogP) is 4.72. The quantitative estimate of drug-likeness (QED) is 0.750. The molecule has 0 fully saturated rings. The summed E-state index contributed by atoms with van der Waals surface area (Å²) in [7, 11) is 0. The zero-order chi connectivity index (χ0) is 14.7. The summed E-state index contributed by atoms with van der Waals surface area (Å²) in [4.78, 5) is 11.1. The lowest BCUT2D eigenvalue weighted by Crippen LogP contribution is -1.95. The molecule has 0 radical (unpaired) electrons. The topological polar surface area (TPSA) is 37.3 Å². The molecule has 21 heavy (non-hydrogen) atoms. The molecule has 102 valence electrons. The Morgan fingerprint density at radius 2 is 1.14 bits per heavy atom. The predicted molar refractivity (Wildman–Crippen MR) is 84.3 cm³/mol. The lowest BCUT2D eigenvalue weighted by Gasteiger charge is -2.07. The van der Waals surface area contributed by atoms with Gasteiger partial charge in [0.05, 0.1) is 5.56 Å². The summed E-state index contributed by atoms with van der Waals surface area (Å²) >= 11 is 0. The van der Waals surface area contributed by atoms with Crippen LogP contribution >= 0.6 is 0 Å². The fourth-order valence-corrected chi connectivity index (χ4v) is 2.34. The van der Waals surface area contributed by atoms with E-state index in [9.17, 15) is 4.79 Å². The number of carbonyl (C=O) groups is 1. The van der Waals surface area contributed by atoms with Gasteiger partial charge in [0.15, 0.2) is 0 Å². The summed E-state index contributed by atoms with van der Waals surface area (Å²) in [5.41, 5.74) is 4.49. The van der Waals surface area contributed by atoms with E-state index in [4.69, 9.17) is 5.11 Å². The highest BCUT2D eigenvalue weighted by atomic mass is 16.4. The maximum Gasteiger partial charge on any atom is 0.335 e. The third kappa shape index (κ3) is 2.84. The number of hydrogen-bond donors (Lipinski definition) is 1. The zero-order valence-corrected chi connectivity index (χ0v) is 11.4. The van der Waals surface area contributed by atoms with Gasteiger partial charge in [-0.2, -0.15) is 0 Å². The highest BCUT2D eigenvalue weighted by molar-refractivity contribution is 5.89. The van der Waals surface area contributed by atoms with Crippen LogP contribution in [-0.2, 0) is 0 Å². The first-order valence-electron chi connectivity index (χ1n) is 6.73. The minimum Gasteiger partial charge on any atom is -0.478 e. The highest BCUT2D eigenvalue weighted by Gasteiger charge is 2.05. The molecule has 0 atom stereocenters. The van der Waals surface area contributed by atoms with Gasteiger partial charge in [0.2, 0.25) is 0 Å². The van der Waals surface area contributed by atoms with Crippen LogP contribution in [0.4, 0.5) is 0 Å². The Morgan fingerprint density at radius 3 is 1.81 bits per heavy atom. The summed E-state index contributed by atoms with van der Waals surface area (Å²) in [6.07, 6.45) is 0. The van der Waals surface area contributed by atoms with Gasteiger partial charge in [-0.1, -0.05) is 60.7 Å². The van der Waals surface area contributed by atoms with Gasteiger partial charge in [0.25, 0.3) is 0 Å². The molecule has 2 heteroatoms. The number of rotatable bonds is 3. The Balaban J connectivity index is 2.04. The number of carboxylic acids is 1. The van der Waals surface area contributed by atoms with Crippen LogP contribution in [0.3, 0.4) is 0 Å². The third-order valence-electron chi connectivity index (χ3n) is 3.41. The fourth-order valence-electron chi connectivity index (χ4n) is 2.34. The Labute approximate surface area is 123 Å². The molecule has 2 nitrogen and oxygen atoms in total. The van der Waals surface area contributed by atoms with Crippen molar-refractivity contribution in [3.63, 3.8) is 0 Å². The van der Waals surface area contributed by atoms with Gasteiger partial charge in [0.1, 0.15) is 0 Å². The number of aromatic carboxylic acids is 1. The van der Waals surface area contributed by atoms with E-state index in [1.807, 2.05) is 36.4 Å². The van der Waals surface area contributed by atoms with Crippen molar-refractivity contribution in [2.45, 2.75) is 0 Å². The molecule has 0 aliphatic carbocycles. The van der Waals surface area contributed by atoms with E-state index >= 15 is 0 Å². The van der Waals surface area contributed by atoms with Crippen LogP contribution in [0.2, 0.25) is 0 Å². The van der Waals surface area contributed by atoms with E-state index in [0.29, 0.717) is 5.56 Å². The van der Waals surface area contributed by atoms with Crippen LogP contribution in [0.25, 0.3) is 22.3 Å². The van der Waals surface area contributed by atoms with Crippen LogP contribution in [-0.4, -0.2) is 11.1 Å². The Kier molecular flexibility index (Phi) is 3.52. The standard InChI is InChI=1S/C19H14O2/c20-19(21)18-11-5-10-17(13-18)16-9-4-8-15(12-16)14-6-2-1-3-7-14/h1-13H,(H,20,21). The van der Waals surface area contributed by atoms with E-state index in [0.717, 1.165) is 22.3 Å². The summed E-state index contributed by atoms with van der Waals surface area (Å²) in [5, 5.41) is 9.09. The molecule has 0 amide bonds. The maximum absolute atomic E-state index is 11.1. The van der Waals surface area contributed by atoms with Gasteiger partial charge >= 0.3 is 5.97 Å². The molecule has 0 saturated carbocycles. The van der Waals surface area contributed by atoms with Gasteiger partial charge in [-0.25, -0.2) is 4.79 Å². The monoisotopic (exact) mass is 274 g/mol. The Hall–Kier alpha value is -2.87. The molecular weight excluding hydrogens is 260 g/mol. The molecule has 0 aromatic heterocycles. The summed E-state index contributed by atoms with van der Waals surface area (Å²) in [6.45, 7) is 0. The summed E-state index contributed by atoms with van der Waals surface area (Å²) in [5.74, 6) is -0.906. The molecular formula is C19H14O2. The van der Waals surface area contributed by atoms with Crippen molar-refractivity contribution in [1.82, 2.24) is 0 Å². The number of carboxylic acid groups (broad SMARTS) is 1. The van der Waals surface area contributed by atoms with Crippen molar-refractivity contribution in [3.05, 3.63) is 84.4 Å². The molecule has 3 rings (SSSR count). The Morgan fingerprint density at radius 1 is 0.619 bits per heavy atom. The van der Waals surface area contributed by atoms with Crippen LogP contribution in [0.1, 0.15) is 10.4 Å². The minimum atomic E-state index is -0.906. The van der Waals surface area contributed by atoms with Crippen LogP contribution in [0, 0.1) is 0 Å². The number of hydrogen-bond acceptors (Lipinski definition) is 1. The largest absolute Gasteiger partial charge is 0.478 e. The highest BCUT2D eigenvalue weighted by Crippen LogP contribution is 2.26. The maximum atomic E-state index is 11.1. The Bertz CT molecular complexity index is 776. The minimum absolute atomic E-state index is 0.303. The zero-order valence-electron chi connectivity index (χ0n) is 11.4. The molecule has 0 unspecified atom stereocenters. The lowest BCUT2D eigenvalue weighted by atomic mass is 9.98. The van der Waals surface area contributed by atoms with Gasteiger partial charge < -0.3 is 5.11 Å². The normalized spacial score (nSPS) is 10.3. The van der Waals surface area contributed by atoms with Crippen molar-refractivity contribution < 1.29 is 9.90 Å². The van der Waals surface area contributed by atoms with E-state index < -0.39 is 5.97 Å². The van der Waals surface area contributed by atoms with E-state index in [1.165, 1.54) is 0 Å². The van der Waals surface area contributed by atoms with E-state index in [-0.39, 0.29) is 0 Å². The molecule has 1 N–H and O–H groups in total. The van der Waals surface area contributed by atoms with Crippen molar-refractivity contribution >= 4 is 5.97 Å². The fraction of sp³-hybridized carbons (Fsp3) is 0. The molecule has 3 aromatic rings. The molecule has 3 aromatic carbocycles. The average molecular weight is 274 g/mol. The second kappa shape index (κ2) is 5.63. The molecule has 0 aliphatic rings. The molecule has 0 bridgehead atoms. The van der Waals surface area contributed by atoms with Crippen LogP contribution < -0.4 is 0 Å². The smallest absolute Gasteiger partial charge is 0.335 e. The average Bonchev–Trinajstić information content (AvgIpc) is 2.56. The second-order valence-electron chi connectivity index (χ2n) is 4.83. The molecule has 0 saturated heterocycles. The first kappa shape index (κ1) is 13.1. The molecule has 0 heterocycles. The summed E-state index contributed by atoms with van der Waals surface area (Å²) < 4.78 is 0. The van der Waals surface area contributed by atoms with Gasteiger partial charge in [0, 0.05) is 0 Å². The SMILES string of the molecule is O=C(O)c1cccc(-c2cccc(-c3ccccc3)c2)c1. The van der Waals surface area contributed by atoms with Gasteiger partial charge in [-0.15, -0.1) is 0 Å². The van der Waals surface area contributed by atoms with E-state index in [1.54, 1.807) is 18.2 Å². The van der Waals surface area contributed by atoms with Crippen LogP contribution in [0.15, 0.2) is 78.9 Å². The number of benzene rings is 3. The molecule has 0 spiro atoms.